The zero-order chi connectivity index (χ0) is 14.3. The smallest absolute Gasteiger partial charge is 0.287 e. The van der Waals surface area contributed by atoms with Gasteiger partial charge in [0.05, 0.1) is 6.54 Å². The van der Waals surface area contributed by atoms with E-state index < -0.39 is 25.0 Å². The van der Waals surface area contributed by atoms with Gasteiger partial charge < -0.3 is 15.2 Å². The predicted molar refractivity (Wildman–Crippen MR) is 66.4 cm³/mol. The summed E-state index contributed by atoms with van der Waals surface area (Å²) >= 11 is 0. The van der Waals surface area contributed by atoms with Crippen molar-refractivity contribution < 1.29 is 23.4 Å². The molecule has 19 heavy (non-hydrogen) atoms. The number of hydrogen-bond donors (Lipinski definition) is 2. The molecule has 0 aliphatic carbocycles. The number of hydrogen-bond acceptors (Lipinski definition) is 3. The van der Waals surface area contributed by atoms with Crippen molar-refractivity contribution in [3.8, 4) is 5.75 Å². The van der Waals surface area contributed by atoms with Gasteiger partial charge in [-0.15, -0.1) is 0 Å². The number of nitrogens with one attached hydrogen (secondary N) is 1. The van der Waals surface area contributed by atoms with Gasteiger partial charge in [-0.25, -0.2) is 8.78 Å². The summed E-state index contributed by atoms with van der Waals surface area (Å²) in [7, 11) is 0. The third kappa shape index (κ3) is 5.65. The Balaban J connectivity index is 2.37. The van der Waals surface area contributed by atoms with Crippen molar-refractivity contribution in [2.24, 2.45) is 0 Å². The lowest BCUT2D eigenvalue weighted by Crippen LogP contribution is -2.40. The van der Waals surface area contributed by atoms with Crippen LogP contribution in [0.3, 0.4) is 0 Å². The maximum atomic E-state index is 12.7. The molecule has 1 aromatic carbocycles. The van der Waals surface area contributed by atoms with Crippen molar-refractivity contribution in [1.82, 2.24) is 5.32 Å². The summed E-state index contributed by atoms with van der Waals surface area (Å²) in [5.74, 6) is -3.45. The molecule has 0 radical (unpaired) electrons. The number of ether oxygens (including phenoxy) is 1. The number of aliphatic hydroxyl groups is 1. The molecule has 0 atom stereocenters. The van der Waals surface area contributed by atoms with Gasteiger partial charge in [0.25, 0.3) is 11.8 Å². The Labute approximate surface area is 110 Å². The Morgan fingerprint density at radius 3 is 2.84 bits per heavy atom. The van der Waals surface area contributed by atoms with Crippen LogP contribution in [0.1, 0.15) is 12.5 Å². The van der Waals surface area contributed by atoms with Gasteiger partial charge in [-0.1, -0.05) is 19.1 Å². The number of amides is 1. The van der Waals surface area contributed by atoms with Gasteiger partial charge in [0.2, 0.25) is 0 Å². The number of rotatable bonds is 7. The fourth-order valence-electron chi connectivity index (χ4n) is 1.34. The van der Waals surface area contributed by atoms with Crippen molar-refractivity contribution in [2.45, 2.75) is 19.3 Å². The number of aliphatic hydroxyl groups excluding tert-OH is 1. The molecule has 0 aliphatic rings. The van der Waals surface area contributed by atoms with Crippen LogP contribution in [0.4, 0.5) is 8.78 Å². The molecule has 0 heterocycles. The lowest BCUT2D eigenvalue weighted by Gasteiger charge is -2.14. The van der Waals surface area contributed by atoms with Crippen molar-refractivity contribution >= 4 is 5.91 Å². The van der Waals surface area contributed by atoms with Crippen LogP contribution < -0.4 is 10.1 Å². The highest BCUT2D eigenvalue weighted by Gasteiger charge is 2.28. The van der Waals surface area contributed by atoms with Crippen LogP contribution in [-0.4, -0.2) is 36.7 Å². The molecular formula is C13H17F2NO3. The first-order valence-electron chi connectivity index (χ1n) is 5.94. The van der Waals surface area contributed by atoms with E-state index in [2.05, 4.69) is 0 Å². The van der Waals surface area contributed by atoms with E-state index in [9.17, 15) is 13.6 Å². The number of benzene rings is 1. The highest BCUT2D eigenvalue weighted by atomic mass is 19.3. The molecule has 0 saturated carbocycles. The molecule has 0 aliphatic heterocycles. The number of halogens is 2. The molecule has 0 aromatic heterocycles. The second-order valence-corrected chi connectivity index (χ2v) is 4.08. The molecule has 0 saturated heterocycles. The third-order valence-electron chi connectivity index (χ3n) is 2.45. The second kappa shape index (κ2) is 7.04. The predicted octanol–water partition coefficient (Wildman–Crippen LogP) is 1.37. The van der Waals surface area contributed by atoms with Crippen LogP contribution in [0, 0.1) is 0 Å². The average Bonchev–Trinajstić information content (AvgIpc) is 2.43. The first-order valence-corrected chi connectivity index (χ1v) is 5.94. The summed E-state index contributed by atoms with van der Waals surface area (Å²) in [6, 6.07) is 7.20. The van der Waals surface area contributed by atoms with Gasteiger partial charge in [0.15, 0.2) is 6.61 Å². The van der Waals surface area contributed by atoms with Gasteiger partial charge in [-0.3, -0.25) is 4.79 Å². The lowest BCUT2D eigenvalue weighted by atomic mass is 10.2. The summed E-state index contributed by atoms with van der Waals surface area (Å²) < 4.78 is 30.5. The second-order valence-electron chi connectivity index (χ2n) is 4.08. The maximum Gasteiger partial charge on any atom is 0.287 e. The van der Waals surface area contributed by atoms with Crippen LogP contribution in [-0.2, 0) is 11.2 Å². The molecular weight excluding hydrogens is 256 g/mol. The summed E-state index contributed by atoms with van der Waals surface area (Å²) in [5.41, 5.74) is 1.06. The Bertz CT molecular complexity index is 424. The number of alkyl halides is 2. The monoisotopic (exact) mass is 273 g/mol. The van der Waals surface area contributed by atoms with Crippen LogP contribution in [0.25, 0.3) is 0 Å². The van der Waals surface area contributed by atoms with Gasteiger partial charge in [-0.05, 0) is 24.1 Å². The minimum atomic E-state index is -3.31. The Hall–Kier alpha value is -1.69. The van der Waals surface area contributed by atoms with E-state index in [1.165, 1.54) is 0 Å². The van der Waals surface area contributed by atoms with E-state index in [-0.39, 0.29) is 6.61 Å². The number of carbonyl (C=O) groups is 1. The van der Waals surface area contributed by atoms with Crippen LogP contribution in [0.2, 0.25) is 0 Å². The van der Waals surface area contributed by atoms with Gasteiger partial charge in [0.1, 0.15) is 12.4 Å². The zero-order valence-electron chi connectivity index (χ0n) is 10.7. The first kappa shape index (κ1) is 15.4. The SMILES string of the molecule is CCc1cccc(OCC(=O)NCC(F)(F)CO)c1. The molecule has 0 unspecified atom stereocenters. The van der Waals surface area contributed by atoms with E-state index >= 15 is 0 Å². The molecule has 2 N–H and O–H groups in total. The van der Waals surface area contributed by atoms with Gasteiger partial charge in [0, 0.05) is 0 Å². The molecule has 1 rings (SSSR count). The minimum Gasteiger partial charge on any atom is -0.484 e. The number of aryl methyl sites for hydroxylation is 1. The molecule has 1 amide bonds. The maximum absolute atomic E-state index is 12.7. The molecule has 0 spiro atoms. The van der Waals surface area contributed by atoms with E-state index in [1.807, 2.05) is 18.3 Å². The van der Waals surface area contributed by atoms with Gasteiger partial charge >= 0.3 is 0 Å². The fraction of sp³-hybridized carbons (Fsp3) is 0.462. The number of carbonyl (C=O) groups excluding carboxylic acids is 1. The lowest BCUT2D eigenvalue weighted by molar-refractivity contribution is -0.126. The standard InChI is InChI=1S/C13H17F2NO3/c1-2-10-4-3-5-11(6-10)19-7-12(18)16-8-13(14,15)9-17/h3-6,17H,2,7-9H2,1H3,(H,16,18). The minimum absolute atomic E-state index is 0.339. The van der Waals surface area contributed by atoms with Crippen LogP contribution in [0.15, 0.2) is 24.3 Å². The normalized spacial score (nSPS) is 11.2. The first-order chi connectivity index (χ1) is 8.96. The topological polar surface area (TPSA) is 58.6 Å². The molecule has 4 nitrogen and oxygen atoms in total. The van der Waals surface area contributed by atoms with E-state index in [4.69, 9.17) is 9.84 Å². The fourth-order valence-corrected chi connectivity index (χ4v) is 1.34. The largest absolute Gasteiger partial charge is 0.484 e. The van der Waals surface area contributed by atoms with E-state index in [0.29, 0.717) is 5.75 Å². The Kier molecular flexibility index (Phi) is 5.69. The summed E-state index contributed by atoms with van der Waals surface area (Å²) in [6.07, 6.45) is 0.839. The molecule has 6 heteroatoms. The summed E-state index contributed by atoms with van der Waals surface area (Å²) in [6.45, 7) is -0.551. The van der Waals surface area contributed by atoms with E-state index in [1.54, 1.807) is 18.2 Å². The van der Waals surface area contributed by atoms with Crippen molar-refractivity contribution in [2.75, 3.05) is 19.8 Å². The Morgan fingerprint density at radius 2 is 2.21 bits per heavy atom. The highest BCUT2D eigenvalue weighted by Crippen LogP contribution is 2.13. The molecule has 1 aromatic rings. The van der Waals surface area contributed by atoms with Crippen LogP contribution in [0.5, 0.6) is 5.75 Å². The molecule has 0 bridgehead atoms. The highest BCUT2D eigenvalue weighted by molar-refractivity contribution is 5.77. The summed E-state index contributed by atoms with van der Waals surface area (Å²) in [4.78, 5) is 11.3. The molecule has 106 valence electrons. The van der Waals surface area contributed by atoms with Crippen LogP contribution >= 0.6 is 0 Å². The van der Waals surface area contributed by atoms with Gasteiger partial charge in [-0.2, -0.15) is 0 Å². The third-order valence-corrected chi connectivity index (χ3v) is 2.45. The van der Waals surface area contributed by atoms with Crippen molar-refractivity contribution in [1.29, 1.82) is 0 Å². The summed E-state index contributed by atoms with van der Waals surface area (Å²) in [5, 5.41) is 10.3. The Morgan fingerprint density at radius 1 is 1.47 bits per heavy atom. The van der Waals surface area contributed by atoms with Crippen molar-refractivity contribution in [3.63, 3.8) is 0 Å². The molecule has 0 fully saturated rings. The average molecular weight is 273 g/mol. The quantitative estimate of drug-likeness (QED) is 0.789. The van der Waals surface area contributed by atoms with E-state index in [0.717, 1.165) is 12.0 Å². The van der Waals surface area contributed by atoms with Crippen molar-refractivity contribution in [3.05, 3.63) is 29.8 Å². The zero-order valence-corrected chi connectivity index (χ0v) is 10.7.